The molecule has 0 aromatic rings. The van der Waals surface area contributed by atoms with Gasteiger partial charge in [0.05, 0.1) is 6.10 Å². The third-order valence-electron chi connectivity index (χ3n) is 2.38. The van der Waals surface area contributed by atoms with Gasteiger partial charge in [-0.05, 0) is 32.1 Å². The van der Waals surface area contributed by atoms with Crippen LogP contribution in [0.15, 0.2) is 0 Å². The van der Waals surface area contributed by atoms with E-state index >= 15 is 0 Å². The van der Waals surface area contributed by atoms with E-state index in [1.165, 1.54) is 0 Å². The maximum Gasteiger partial charge on any atom is 0.157 e. The number of aliphatic hydroxyl groups excluding tert-OH is 2. The highest BCUT2D eigenvalue weighted by atomic mass is 16.7. The molecule has 0 aromatic carbocycles. The molecule has 0 amide bonds. The van der Waals surface area contributed by atoms with Crippen LogP contribution in [0, 0.1) is 0 Å². The van der Waals surface area contributed by atoms with E-state index in [9.17, 15) is 0 Å². The van der Waals surface area contributed by atoms with E-state index in [0.29, 0.717) is 12.8 Å². The molecule has 0 unspecified atom stereocenters. The van der Waals surface area contributed by atoms with Gasteiger partial charge in [-0.1, -0.05) is 0 Å². The lowest BCUT2D eigenvalue weighted by molar-refractivity contribution is -0.192. The second-order valence-electron chi connectivity index (χ2n) is 3.58. The Morgan fingerprint density at radius 3 is 2.43 bits per heavy atom. The molecule has 1 atom stereocenters. The van der Waals surface area contributed by atoms with Crippen LogP contribution in [0.25, 0.3) is 0 Å². The van der Waals surface area contributed by atoms with Crippen LogP contribution in [0.4, 0.5) is 0 Å². The summed E-state index contributed by atoms with van der Waals surface area (Å²) in [5, 5.41) is 17.6. The van der Waals surface area contributed by atoms with Gasteiger partial charge >= 0.3 is 0 Å². The Bertz CT molecular complexity index is 128. The van der Waals surface area contributed by atoms with Crippen LogP contribution < -0.4 is 0 Å². The number of aliphatic hydroxyl groups is 2. The Balaban J connectivity index is 2.21. The van der Waals surface area contributed by atoms with Crippen molar-refractivity contribution in [2.24, 2.45) is 0 Å². The quantitative estimate of drug-likeness (QED) is 0.667. The fourth-order valence-corrected chi connectivity index (χ4v) is 1.60. The van der Waals surface area contributed by atoms with Gasteiger partial charge in [-0.3, -0.25) is 0 Å². The van der Waals surface area contributed by atoms with Gasteiger partial charge in [0, 0.05) is 19.8 Å². The Kier molecular flexibility index (Phi) is 6.10. The lowest BCUT2D eigenvalue weighted by atomic mass is 10.2. The topological polar surface area (TPSA) is 58.9 Å². The summed E-state index contributed by atoms with van der Waals surface area (Å²) in [4.78, 5) is 0. The third kappa shape index (κ3) is 4.37. The smallest absolute Gasteiger partial charge is 0.157 e. The SMILES string of the molecule is OCCC(CCO)O[C@@H]1CCCCO1. The van der Waals surface area contributed by atoms with Crippen LogP contribution in [0.1, 0.15) is 32.1 Å². The highest BCUT2D eigenvalue weighted by Gasteiger charge is 2.18. The Morgan fingerprint density at radius 2 is 1.93 bits per heavy atom. The molecule has 0 saturated carbocycles. The molecular formula is C10H20O4. The summed E-state index contributed by atoms with van der Waals surface area (Å²) in [7, 11) is 0. The minimum Gasteiger partial charge on any atom is -0.396 e. The standard InChI is InChI=1S/C10H20O4/c11-6-4-9(5-7-12)14-10-3-1-2-8-13-10/h9-12H,1-8H2/t10-/m1/s1. The molecule has 1 saturated heterocycles. The lowest BCUT2D eigenvalue weighted by Gasteiger charge is -2.27. The molecule has 84 valence electrons. The number of ether oxygens (including phenoxy) is 2. The molecule has 1 fully saturated rings. The molecule has 1 rings (SSSR count). The van der Waals surface area contributed by atoms with E-state index in [4.69, 9.17) is 19.7 Å². The summed E-state index contributed by atoms with van der Waals surface area (Å²) in [5.74, 6) is 0. The first-order valence-corrected chi connectivity index (χ1v) is 5.35. The summed E-state index contributed by atoms with van der Waals surface area (Å²) in [6.07, 6.45) is 4.09. The van der Waals surface area contributed by atoms with E-state index in [0.717, 1.165) is 25.9 Å². The van der Waals surface area contributed by atoms with Crippen molar-refractivity contribution in [3.8, 4) is 0 Å². The minimum atomic E-state index is -0.133. The molecule has 0 spiro atoms. The molecule has 0 aliphatic carbocycles. The van der Waals surface area contributed by atoms with Crippen molar-refractivity contribution in [2.45, 2.75) is 44.5 Å². The summed E-state index contributed by atoms with van der Waals surface area (Å²) >= 11 is 0. The van der Waals surface area contributed by atoms with Crippen molar-refractivity contribution in [1.82, 2.24) is 0 Å². The Labute approximate surface area is 84.8 Å². The van der Waals surface area contributed by atoms with Gasteiger partial charge in [-0.15, -0.1) is 0 Å². The summed E-state index contributed by atoms with van der Waals surface area (Å²) in [5.41, 5.74) is 0. The van der Waals surface area contributed by atoms with E-state index in [1.807, 2.05) is 0 Å². The zero-order valence-corrected chi connectivity index (χ0v) is 8.52. The average Bonchev–Trinajstić information content (AvgIpc) is 2.20. The molecule has 1 heterocycles. The van der Waals surface area contributed by atoms with E-state index in [1.54, 1.807) is 0 Å². The predicted molar refractivity (Wildman–Crippen MR) is 51.9 cm³/mol. The number of hydrogen-bond acceptors (Lipinski definition) is 4. The zero-order valence-electron chi connectivity index (χ0n) is 8.52. The van der Waals surface area contributed by atoms with Crippen LogP contribution in [0.2, 0.25) is 0 Å². The molecular weight excluding hydrogens is 184 g/mol. The van der Waals surface area contributed by atoms with E-state index in [2.05, 4.69) is 0 Å². The van der Waals surface area contributed by atoms with Crippen LogP contribution in [0.3, 0.4) is 0 Å². The monoisotopic (exact) mass is 204 g/mol. The van der Waals surface area contributed by atoms with Gasteiger partial charge in [0.25, 0.3) is 0 Å². The first-order chi connectivity index (χ1) is 6.86. The molecule has 4 heteroatoms. The van der Waals surface area contributed by atoms with Crippen molar-refractivity contribution < 1.29 is 19.7 Å². The first kappa shape index (κ1) is 11.9. The summed E-state index contributed by atoms with van der Waals surface area (Å²) in [6, 6.07) is 0. The fourth-order valence-electron chi connectivity index (χ4n) is 1.60. The fraction of sp³-hybridized carbons (Fsp3) is 1.00. The highest BCUT2D eigenvalue weighted by Crippen LogP contribution is 2.17. The van der Waals surface area contributed by atoms with Gasteiger partial charge in [0.1, 0.15) is 0 Å². The van der Waals surface area contributed by atoms with Gasteiger partial charge in [-0.25, -0.2) is 0 Å². The summed E-state index contributed by atoms with van der Waals surface area (Å²) in [6.45, 7) is 0.949. The van der Waals surface area contributed by atoms with Crippen molar-refractivity contribution in [3.63, 3.8) is 0 Å². The average molecular weight is 204 g/mol. The molecule has 4 nitrogen and oxygen atoms in total. The van der Waals surface area contributed by atoms with Crippen molar-refractivity contribution >= 4 is 0 Å². The maximum atomic E-state index is 8.79. The molecule has 0 aromatic heterocycles. The predicted octanol–water partition coefficient (Wildman–Crippen LogP) is 0.663. The molecule has 0 radical (unpaired) electrons. The molecule has 1 aliphatic rings. The number of hydrogen-bond donors (Lipinski definition) is 2. The van der Waals surface area contributed by atoms with E-state index < -0.39 is 0 Å². The lowest BCUT2D eigenvalue weighted by Crippen LogP contribution is -2.29. The zero-order chi connectivity index (χ0) is 10.2. The molecule has 0 bridgehead atoms. The third-order valence-corrected chi connectivity index (χ3v) is 2.38. The van der Waals surface area contributed by atoms with Gasteiger partial charge in [0.2, 0.25) is 0 Å². The largest absolute Gasteiger partial charge is 0.396 e. The second-order valence-corrected chi connectivity index (χ2v) is 3.58. The van der Waals surface area contributed by atoms with Gasteiger partial charge in [-0.2, -0.15) is 0 Å². The second kappa shape index (κ2) is 7.17. The highest BCUT2D eigenvalue weighted by molar-refractivity contribution is 4.61. The summed E-state index contributed by atoms with van der Waals surface area (Å²) < 4.78 is 11.0. The van der Waals surface area contributed by atoms with Crippen LogP contribution in [0.5, 0.6) is 0 Å². The van der Waals surface area contributed by atoms with Crippen molar-refractivity contribution in [1.29, 1.82) is 0 Å². The first-order valence-electron chi connectivity index (χ1n) is 5.35. The van der Waals surface area contributed by atoms with E-state index in [-0.39, 0.29) is 25.6 Å². The minimum absolute atomic E-state index is 0.0758. The molecule has 14 heavy (non-hydrogen) atoms. The van der Waals surface area contributed by atoms with Crippen molar-refractivity contribution in [3.05, 3.63) is 0 Å². The van der Waals surface area contributed by atoms with Crippen molar-refractivity contribution in [2.75, 3.05) is 19.8 Å². The van der Waals surface area contributed by atoms with Crippen LogP contribution in [-0.2, 0) is 9.47 Å². The number of rotatable bonds is 6. The normalized spacial score (nSPS) is 22.9. The Hall–Kier alpha value is -0.160. The maximum absolute atomic E-state index is 8.79. The van der Waals surface area contributed by atoms with Crippen LogP contribution in [-0.4, -0.2) is 42.4 Å². The molecule has 2 N–H and O–H groups in total. The van der Waals surface area contributed by atoms with Gasteiger partial charge < -0.3 is 19.7 Å². The molecule has 1 aliphatic heterocycles. The van der Waals surface area contributed by atoms with Crippen LogP contribution >= 0.6 is 0 Å². The Morgan fingerprint density at radius 1 is 1.21 bits per heavy atom. The van der Waals surface area contributed by atoms with Gasteiger partial charge in [0.15, 0.2) is 6.29 Å².